The van der Waals surface area contributed by atoms with Crippen LogP contribution < -0.4 is 21.3 Å². The highest BCUT2D eigenvalue weighted by atomic mass is 32.2. The van der Waals surface area contributed by atoms with Gasteiger partial charge in [-0.25, -0.2) is 17.9 Å². The third-order valence-electron chi connectivity index (χ3n) is 6.54. The molecule has 0 unspecified atom stereocenters. The van der Waals surface area contributed by atoms with Crippen LogP contribution in [0.5, 0.6) is 0 Å². The van der Waals surface area contributed by atoms with Crippen molar-refractivity contribution in [3.05, 3.63) is 86.7 Å². The van der Waals surface area contributed by atoms with Gasteiger partial charge < -0.3 is 10.3 Å². The van der Waals surface area contributed by atoms with E-state index in [1.54, 1.807) is 23.7 Å². The van der Waals surface area contributed by atoms with E-state index in [9.17, 15) is 18.0 Å². The molecule has 3 heterocycles. The number of nitrogens with zero attached hydrogens (tertiary/aromatic N) is 4. The Labute approximate surface area is 212 Å². The van der Waals surface area contributed by atoms with Gasteiger partial charge in [0.05, 0.1) is 11.4 Å². The minimum absolute atomic E-state index is 0.143. The molecule has 0 saturated carbocycles. The lowest BCUT2D eigenvalue weighted by molar-refractivity contribution is 0.588. The largest absolute Gasteiger partial charge is 0.361 e. The molecule has 5 rings (SSSR count). The molecule has 0 bridgehead atoms. The molecule has 0 radical (unpaired) electrons. The van der Waals surface area contributed by atoms with Crippen LogP contribution in [0.25, 0.3) is 22.1 Å². The molecule has 5 aromatic rings. The number of sulfonamides is 1. The minimum Gasteiger partial charge on any atom is -0.361 e. The quantitative estimate of drug-likeness (QED) is 0.283. The lowest BCUT2D eigenvalue weighted by Crippen LogP contribution is -2.37. The van der Waals surface area contributed by atoms with Gasteiger partial charge in [-0.15, -0.1) is 0 Å². The topological polar surface area (TPSA) is 136 Å². The molecule has 0 aliphatic carbocycles. The molecule has 0 atom stereocenters. The van der Waals surface area contributed by atoms with E-state index in [4.69, 9.17) is 0 Å². The Balaban J connectivity index is 1.51. The van der Waals surface area contributed by atoms with Crippen molar-refractivity contribution in [1.82, 2.24) is 28.4 Å². The Morgan fingerprint density at radius 2 is 1.73 bits per heavy atom. The molecule has 192 valence electrons. The van der Waals surface area contributed by atoms with Gasteiger partial charge in [-0.05, 0) is 42.8 Å². The number of para-hydroxylation sites is 1. The van der Waals surface area contributed by atoms with Gasteiger partial charge in [0.25, 0.3) is 5.56 Å². The molecule has 0 saturated heterocycles. The number of rotatable bonds is 8. The zero-order valence-corrected chi connectivity index (χ0v) is 21.5. The molecule has 0 aliphatic heterocycles. The molecule has 37 heavy (non-hydrogen) atoms. The number of aromatic amines is 1. The number of fused-ring (bicyclic) bond motifs is 2. The third kappa shape index (κ3) is 4.34. The first-order valence-corrected chi connectivity index (χ1v) is 13.2. The lowest BCUT2D eigenvalue weighted by Gasteiger charge is -2.12. The maximum atomic E-state index is 13.1. The summed E-state index contributed by atoms with van der Waals surface area (Å²) >= 11 is 0. The minimum atomic E-state index is -3.57. The van der Waals surface area contributed by atoms with Crippen molar-refractivity contribution in [3.8, 4) is 0 Å². The van der Waals surface area contributed by atoms with E-state index in [2.05, 4.69) is 26.1 Å². The number of H-pyrrole nitrogens is 1. The predicted octanol–water partition coefficient (Wildman–Crippen LogP) is 1.53. The highest BCUT2D eigenvalue weighted by molar-refractivity contribution is 7.89. The van der Waals surface area contributed by atoms with Crippen molar-refractivity contribution in [3.63, 3.8) is 0 Å². The predicted molar refractivity (Wildman–Crippen MR) is 142 cm³/mol. The zero-order chi connectivity index (χ0) is 26.3. The number of aromatic nitrogens is 5. The number of hydrogen-bond acceptors (Lipinski definition) is 6. The highest BCUT2D eigenvalue weighted by Gasteiger charge is 2.20. The van der Waals surface area contributed by atoms with Gasteiger partial charge in [-0.2, -0.15) is 4.98 Å². The maximum Gasteiger partial charge on any atom is 0.332 e. The van der Waals surface area contributed by atoms with E-state index >= 15 is 0 Å². The van der Waals surface area contributed by atoms with Gasteiger partial charge in [-0.1, -0.05) is 30.3 Å². The van der Waals surface area contributed by atoms with Gasteiger partial charge in [0.2, 0.25) is 16.0 Å². The van der Waals surface area contributed by atoms with Crippen LogP contribution in [0.2, 0.25) is 0 Å². The van der Waals surface area contributed by atoms with Crippen molar-refractivity contribution in [2.24, 2.45) is 14.1 Å². The Hall–Kier alpha value is -4.16. The van der Waals surface area contributed by atoms with Crippen molar-refractivity contribution in [1.29, 1.82) is 0 Å². The summed E-state index contributed by atoms with van der Waals surface area (Å²) in [7, 11) is 0.800. The zero-order valence-electron chi connectivity index (χ0n) is 20.6. The van der Waals surface area contributed by atoms with Crippen LogP contribution >= 0.6 is 0 Å². The Bertz CT molecular complexity index is 1840. The average molecular weight is 522 g/mol. The molecule has 2 aromatic carbocycles. The van der Waals surface area contributed by atoms with Crippen LogP contribution in [0, 0.1) is 0 Å². The van der Waals surface area contributed by atoms with Gasteiger partial charge in [0.1, 0.15) is 0 Å². The highest BCUT2D eigenvalue weighted by Crippen LogP contribution is 2.21. The van der Waals surface area contributed by atoms with Crippen molar-refractivity contribution in [2.45, 2.75) is 17.9 Å². The van der Waals surface area contributed by atoms with E-state index in [1.807, 2.05) is 24.4 Å². The van der Waals surface area contributed by atoms with Crippen LogP contribution in [-0.4, -0.2) is 45.7 Å². The van der Waals surface area contributed by atoms with Crippen LogP contribution in [0.15, 0.2) is 69.2 Å². The summed E-state index contributed by atoms with van der Waals surface area (Å²) in [6.45, 7) is 0.790. The second kappa shape index (κ2) is 9.37. The first-order chi connectivity index (χ1) is 17.7. The second-order valence-electron chi connectivity index (χ2n) is 8.79. The number of benzene rings is 2. The van der Waals surface area contributed by atoms with Gasteiger partial charge in [0, 0.05) is 37.7 Å². The van der Waals surface area contributed by atoms with Crippen molar-refractivity contribution < 1.29 is 8.42 Å². The van der Waals surface area contributed by atoms with E-state index < -0.39 is 21.3 Å². The van der Waals surface area contributed by atoms with Crippen molar-refractivity contribution >= 4 is 38.0 Å². The molecule has 11 nitrogen and oxygen atoms in total. The Kier molecular flexibility index (Phi) is 6.21. The smallest absolute Gasteiger partial charge is 0.332 e. The summed E-state index contributed by atoms with van der Waals surface area (Å²) in [6, 6.07) is 14.5. The average Bonchev–Trinajstić information content (AvgIpc) is 3.48. The van der Waals surface area contributed by atoms with Crippen LogP contribution in [0.1, 0.15) is 11.1 Å². The Morgan fingerprint density at radius 3 is 2.46 bits per heavy atom. The second-order valence-corrected chi connectivity index (χ2v) is 10.7. The van der Waals surface area contributed by atoms with E-state index in [-0.39, 0.29) is 22.6 Å². The molecule has 3 aromatic heterocycles. The molecular formula is C25H27N7O4S. The standard InChI is InChI=1S/C25H27N7O4S/c1-26-37(35,36)18-10-8-16(9-11-18)15-32-21-22(30(2)25(34)31(3)23(21)33)29-24(32)27-13-12-17-14-28-20-7-5-4-6-19(17)20/h4-11,14,26,28H,12-13,15H2,1-3H3,(H,27,29). The summed E-state index contributed by atoms with van der Waals surface area (Å²) in [6.07, 6.45) is 2.69. The summed E-state index contributed by atoms with van der Waals surface area (Å²) in [5, 5.41) is 4.48. The first-order valence-electron chi connectivity index (χ1n) is 11.7. The molecule has 0 spiro atoms. The molecule has 0 fully saturated rings. The van der Waals surface area contributed by atoms with E-state index in [0.29, 0.717) is 18.9 Å². The summed E-state index contributed by atoms with van der Waals surface area (Å²) < 4.78 is 30.6. The van der Waals surface area contributed by atoms with Crippen molar-refractivity contribution in [2.75, 3.05) is 18.9 Å². The fourth-order valence-electron chi connectivity index (χ4n) is 4.46. The number of hydrogen-bond donors (Lipinski definition) is 3. The molecule has 0 amide bonds. The number of imidazole rings is 1. The first kappa shape index (κ1) is 24.5. The molecule has 3 N–H and O–H groups in total. The Morgan fingerprint density at radius 1 is 1.00 bits per heavy atom. The summed E-state index contributed by atoms with van der Waals surface area (Å²) in [5.74, 6) is 0.445. The van der Waals surface area contributed by atoms with Gasteiger partial charge in [0.15, 0.2) is 11.2 Å². The SMILES string of the molecule is CNS(=O)(=O)c1ccc(Cn2c(NCCc3c[nH]c4ccccc34)nc3c2c(=O)n(C)c(=O)n3C)cc1. The fourth-order valence-corrected chi connectivity index (χ4v) is 5.19. The molecule has 0 aliphatic rings. The number of anilines is 1. The number of aryl methyl sites for hydroxylation is 1. The normalized spacial score (nSPS) is 12.0. The third-order valence-corrected chi connectivity index (χ3v) is 7.97. The van der Waals surface area contributed by atoms with Crippen LogP contribution in [0.3, 0.4) is 0 Å². The summed E-state index contributed by atoms with van der Waals surface area (Å²) in [5.41, 5.74) is 2.62. The maximum absolute atomic E-state index is 13.1. The number of nitrogens with one attached hydrogen (secondary N) is 3. The van der Waals surface area contributed by atoms with Crippen LogP contribution in [0.4, 0.5) is 5.95 Å². The fraction of sp³-hybridized carbons (Fsp3) is 0.240. The van der Waals surface area contributed by atoms with Gasteiger partial charge >= 0.3 is 5.69 Å². The van der Waals surface area contributed by atoms with Crippen LogP contribution in [-0.2, 0) is 37.1 Å². The van der Waals surface area contributed by atoms with Gasteiger partial charge in [-0.3, -0.25) is 18.5 Å². The van der Waals surface area contributed by atoms with E-state index in [0.717, 1.165) is 26.6 Å². The molecule has 12 heteroatoms. The van der Waals surface area contributed by atoms with E-state index in [1.165, 1.54) is 30.8 Å². The molecular weight excluding hydrogens is 494 g/mol. The lowest BCUT2D eigenvalue weighted by atomic mass is 10.1. The monoisotopic (exact) mass is 521 g/mol. The summed E-state index contributed by atoms with van der Waals surface area (Å²) in [4.78, 5) is 33.7.